The minimum Gasteiger partial charge on any atom is -0.357 e. The lowest BCUT2D eigenvalue weighted by Gasteiger charge is -2.30. The zero-order valence-electron chi connectivity index (χ0n) is 16.8. The number of halogens is 1. The monoisotopic (exact) mass is 465 g/mol. The zero-order chi connectivity index (χ0) is 17.4. The first-order valence-corrected chi connectivity index (χ1v) is 10.1. The molecule has 1 saturated heterocycles. The van der Waals surface area contributed by atoms with Crippen LogP contribution in [0.15, 0.2) is 4.99 Å². The second kappa shape index (κ2) is 12.3. The number of nitrogens with zero attached hydrogens (tertiary/aromatic N) is 3. The molecule has 1 saturated carbocycles. The highest BCUT2D eigenvalue weighted by atomic mass is 127. The molecule has 2 N–H and O–H groups in total. The molecule has 1 atom stereocenters. The van der Waals surface area contributed by atoms with E-state index in [0.717, 1.165) is 37.6 Å². The molecule has 0 aromatic rings. The van der Waals surface area contributed by atoms with E-state index < -0.39 is 0 Å². The first-order valence-electron chi connectivity index (χ1n) is 10.1. The molecule has 1 unspecified atom stereocenters. The Bertz CT molecular complexity index is 378. The first-order chi connectivity index (χ1) is 11.6. The Balaban J connectivity index is 0.00000312. The number of likely N-dealkylation sites (N-methyl/N-ethyl adjacent to an activating group) is 1. The van der Waals surface area contributed by atoms with Gasteiger partial charge >= 0.3 is 0 Å². The van der Waals surface area contributed by atoms with Crippen LogP contribution in [-0.2, 0) is 0 Å². The van der Waals surface area contributed by atoms with Crippen molar-refractivity contribution in [3.8, 4) is 0 Å². The van der Waals surface area contributed by atoms with E-state index in [-0.39, 0.29) is 24.0 Å². The molecule has 0 radical (unpaired) electrons. The highest BCUT2D eigenvalue weighted by Crippen LogP contribution is 2.26. The van der Waals surface area contributed by atoms with Gasteiger partial charge in [0, 0.05) is 25.2 Å². The molecule has 1 heterocycles. The largest absolute Gasteiger partial charge is 0.357 e. The Hall–Kier alpha value is -0.0800. The van der Waals surface area contributed by atoms with E-state index in [2.05, 4.69) is 48.3 Å². The molecule has 2 fully saturated rings. The summed E-state index contributed by atoms with van der Waals surface area (Å²) in [5.41, 5.74) is 0. The SMILES string of the molecule is CCNC(=NCC(C)N(C)C1CC1)NCCCN1CCC(C)CC1.I. The highest BCUT2D eigenvalue weighted by molar-refractivity contribution is 14.0. The molecule has 25 heavy (non-hydrogen) atoms. The lowest BCUT2D eigenvalue weighted by molar-refractivity contribution is 0.191. The lowest BCUT2D eigenvalue weighted by Crippen LogP contribution is -2.41. The average molecular weight is 465 g/mol. The van der Waals surface area contributed by atoms with E-state index >= 15 is 0 Å². The van der Waals surface area contributed by atoms with Crippen LogP contribution < -0.4 is 10.6 Å². The van der Waals surface area contributed by atoms with Crippen molar-refractivity contribution in [1.29, 1.82) is 0 Å². The minimum absolute atomic E-state index is 0. The summed E-state index contributed by atoms with van der Waals surface area (Å²) in [7, 11) is 2.23. The third-order valence-electron chi connectivity index (χ3n) is 5.50. The second-order valence-corrected chi connectivity index (χ2v) is 7.77. The third-order valence-corrected chi connectivity index (χ3v) is 5.50. The van der Waals surface area contributed by atoms with Crippen molar-refractivity contribution in [3.05, 3.63) is 0 Å². The van der Waals surface area contributed by atoms with Gasteiger partial charge in [-0.2, -0.15) is 0 Å². The molecular weight excluding hydrogens is 425 g/mol. The minimum atomic E-state index is 0. The number of hydrogen-bond donors (Lipinski definition) is 2. The molecule has 0 amide bonds. The number of nitrogens with one attached hydrogen (secondary N) is 2. The van der Waals surface area contributed by atoms with Gasteiger partial charge in [-0.3, -0.25) is 9.89 Å². The molecule has 2 rings (SSSR count). The van der Waals surface area contributed by atoms with Gasteiger partial charge in [0.2, 0.25) is 0 Å². The van der Waals surface area contributed by atoms with Crippen molar-refractivity contribution in [1.82, 2.24) is 20.4 Å². The summed E-state index contributed by atoms with van der Waals surface area (Å²) in [6.07, 6.45) is 6.64. The van der Waals surface area contributed by atoms with Crippen molar-refractivity contribution < 1.29 is 0 Å². The zero-order valence-corrected chi connectivity index (χ0v) is 19.1. The summed E-state index contributed by atoms with van der Waals surface area (Å²) in [6, 6.07) is 1.32. The second-order valence-electron chi connectivity index (χ2n) is 7.77. The molecule has 6 heteroatoms. The number of aliphatic imine (C=N–C) groups is 1. The number of likely N-dealkylation sites (tertiary alicyclic amines) is 1. The molecule has 1 aliphatic carbocycles. The third kappa shape index (κ3) is 8.91. The predicted octanol–water partition coefficient (Wildman–Crippen LogP) is 2.76. The van der Waals surface area contributed by atoms with Gasteiger partial charge in [-0.25, -0.2) is 0 Å². The maximum Gasteiger partial charge on any atom is 0.191 e. The van der Waals surface area contributed by atoms with Crippen molar-refractivity contribution in [2.75, 3.05) is 46.3 Å². The van der Waals surface area contributed by atoms with E-state index in [9.17, 15) is 0 Å². The maximum absolute atomic E-state index is 4.78. The van der Waals surface area contributed by atoms with Gasteiger partial charge in [-0.1, -0.05) is 6.92 Å². The van der Waals surface area contributed by atoms with Gasteiger partial charge in [0.25, 0.3) is 0 Å². The molecule has 148 valence electrons. The van der Waals surface area contributed by atoms with E-state index in [1.807, 2.05) is 0 Å². The van der Waals surface area contributed by atoms with E-state index in [1.165, 1.54) is 51.7 Å². The van der Waals surface area contributed by atoms with Crippen LogP contribution in [0.1, 0.15) is 52.9 Å². The first kappa shape index (κ1) is 23.0. The van der Waals surface area contributed by atoms with Gasteiger partial charge in [-0.15, -0.1) is 24.0 Å². The summed E-state index contributed by atoms with van der Waals surface area (Å²) in [5, 5.41) is 6.87. The molecule has 0 spiro atoms. The van der Waals surface area contributed by atoms with Gasteiger partial charge < -0.3 is 15.5 Å². The smallest absolute Gasteiger partial charge is 0.191 e. The van der Waals surface area contributed by atoms with E-state index in [1.54, 1.807) is 0 Å². The standard InChI is InChI=1S/C19H39N5.HI/c1-5-20-19(22-15-17(3)23(4)18-7-8-18)21-11-6-12-24-13-9-16(2)10-14-24;/h16-18H,5-15H2,1-4H3,(H2,20,21,22);1H. The van der Waals surface area contributed by atoms with Crippen molar-refractivity contribution >= 4 is 29.9 Å². The molecule has 0 aromatic carbocycles. The summed E-state index contributed by atoms with van der Waals surface area (Å²) in [4.78, 5) is 9.86. The number of piperidine rings is 1. The predicted molar refractivity (Wildman–Crippen MR) is 119 cm³/mol. The Morgan fingerprint density at radius 3 is 2.48 bits per heavy atom. The fourth-order valence-electron chi connectivity index (χ4n) is 3.33. The van der Waals surface area contributed by atoms with Crippen LogP contribution in [-0.4, -0.2) is 74.2 Å². The quantitative estimate of drug-likeness (QED) is 0.238. The van der Waals surface area contributed by atoms with Crippen LogP contribution in [0.25, 0.3) is 0 Å². The lowest BCUT2D eigenvalue weighted by atomic mass is 9.99. The van der Waals surface area contributed by atoms with Crippen LogP contribution in [0.2, 0.25) is 0 Å². The number of guanidine groups is 1. The van der Waals surface area contributed by atoms with Crippen LogP contribution in [0.5, 0.6) is 0 Å². The molecular formula is C19H40IN5. The maximum atomic E-state index is 4.78. The molecule has 0 aromatic heterocycles. The van der Waals surface area contributed by atoms with Crippen molar-refractivity contribution in [2.45, 2.75) is 65.0 Å². The summed E-state index contributed by atoms with van der Waals surface area (Å²) < 4.78 is 0. The Morgan fingerprint density at radius 1 is 1.20 bits per heavy atom. The van der Waals surface area contributed by atoms with Gasteiger partial charge in [-0.05, 0) is 78.6 Å². The number of hydrogen-bond acceptors (Lipinski definition) is 3. The van der Waals surface area contributed by atoms with Gasteiger partial charge in [0.15, 0.2) is 5.96 Å². The molecule has 5 nitrogen and oxygen atoms in total. The van der Waals surface area contributed by atoms with Crippen molar-refractivity contribution in [3.63, 3.8) is 0 Å². The van der Waals surface area contributed by atoms with Crippen LogP contribution in [0.4, 0.5) is 0 Å². The van der Waals surface area contributed by atoms with Crippen LogP contribution in [0.3, 0.4) is 0 Å². The normalized spacial score (nSPS) is 21.1. The average Bonchev–Trinajstić information content (AvgIpc) is 3.42. The topological polar surface area (TPSA) is 42.9 Å². The number of rotatable bonds is 9. The fraction of sp³-hybridized carbons (Fsp3) is 0.947. The molecule has 0 bridgehead atoms. The van der Waals surface area contributed by atoms with Gasteiger partial charge in [0.05, 0.1) is 6.54 Å². The summed E-state index contributed by atoms with van der Waals surface area (Å²) in [6.45, 7) is 13.3. The Morgan fingerprint density at radius 2 is 1.88 bits per heavy atom. The molecule has 1 aliphatic heterocycles. The summed E-state index contributed by atoms with van der Waals surface area (Å²) in [5.74, 6) is 1.89. The van der Waals surface area contributed by atoms with E-state index in [0.29, 0.717) is 6.04 Å². The highest BCUT2D eigenvalue weighted by Gasteiger charge is 2.28. The van der Waals surface area contributed by atoms with Gasteiger partial charge in [0.1, 0.15) is 0 Å². The van der Waals surface area contributed by atoms with E-state index in [4.69, 9.17) is 4.99 Å². The Kier molecular flexibility index (Phi) is 11.3. The van der Waals surface area contributed by atoms with Crippen LogP contribution >= 0.6 is 24.0 Å². The fourth-order valence-corrected chi connectivity index (χ4v) is 3.33. The van der Waals surface area contributed by atoms with Crippen molar-refractivity contribution in [2.24, 2.45) is 10.9 Å². The Labute approximate surface area is 172 Å². The van der Waals surface area contributed by atoms with Crippen LogP contribution in [0, 0.1) is 5.92 Å². The molecule has 2 aliphatic rings. The summed E-state index contributed by atoms with van der Waals surface area (Å²) >= 11 is 0.